The van der Waals surface area contributed by atoms with Gasteiger partial charge in [-0.2, -0.15) is 0 Å². The van der Waals surface area contributed by atoms with Crippen LogP contribution in [0.15, 0.2) is 48.7 Å². The summed E-state index contributed by atoms with van der Waals surface area (Å²) >= 11 is 1.51. The Morgan fingerprint density at radius 2 is 2.03 bits per heavy atom. The van der Waals surface area contributed by atoms with Crippen LogP contribution in [0.5, 0.6) is 11.5 Å². The molecule has 7 heteroatoms. The largest absolute Gasteiger partial charge is 0.454 e. The number of hydrogen-bond acceptors (Lipinski definition) is 6. The summed E-state index contributed by atoms with van der Waals surface area (Å²) in [5, 5.41) is 3.53. The van der Waals surface area contributed by atoms with Crippen molar-refractivity contribution >= 4 is 22.4 Å². The molecule has 6 nitrogen and oxygen atoms in total. The number of hydrogen-bond donors (Lipinski definition) is 1. The number of likely N-dealkylation sites (N-methyl/N-ethyl adjacent to an activating group) is 1. The lowest BCUT2D eigenvalue weighted by atomic mass is 10.1. The minimum atomic E-state index is -0.0790. The summed E-state index contributed by atoms with van der Waals surface area (Å²) in [5.74, 6) is 1.44. The topological polar surface area (TPSA) is 63.7 Å². The molecule has 1 aromatic heterocycles. The molecule has 0 bridgehead atoms. The molecule has 0 fully saturated rings. The Balaban J connectivity index is 1.28. The molecular formula is C22H23N3O3S. The molecule has 0 unspecified atom stereocenters. The van der Waals surface area contributed by atoms with Crippen LogP contribution < -0.4 is 14.8 Å². The number of amides is 1. The molecule has 2 heterocycles. The second-order valence-electron chi connectivity index (χ2n) is 7.21. The van der Waals surface area contributed by atoms with E-state index in [9.17, 15) is 4.79 Å². The monoisotopic (exact) mass is 409 g/mol. The minimum Gasteiger partial charge on any atom is -0.454 e. The number of benzene rings is 2. The van der Waals surface area contributed by atoms with Crippen LogP contribution in [0.3, 0.4) is 0 Å². The first-order valence-corrected chi connectivity index (χ1v) is 10.2. The van der Waals surface area contributed by atoms with Crippen molar-refractivity contribution in [2.75, 3.05) is 25.7 Å². The van der Waals surface area contributed by atoms with Crippen LogP contribution >= 0.6 is 11.3 Å². The Morgan fingerprint density at radius 1 is 1.17 bits per heavy atom. The van der Waals surface area contributed by atoms with E-state index >= 15 is 0 Å². The van der Waals surface area contributed by atoms with Gasteiger partial charge in [-0.15, -0.1) is 11.3 Å². The van der Waals surface area contributed by atoms with Gasteiger partial charge in [0.15, 0.2) is 16.6 Å². The van der Waals surface area contributed by atoms with Gasteiger partial charge in [0.1, 0.15) is 0 Å². The summed E-state index contributed by atoms with van der Waals surface area (Å²) < 4.78 is 10.7. The lowest BCUT2D eigenvalue weighted by Crippen LogP contribution is -2.29. The van der Waals surface area contributed by atoms with Crippen molar-refractivity contribution in [1.82, 2.24) is 9.88 Å². The van der Waals surface area contributed by atoms with E-state index in [0.717, 1.165) is 28.4 Å². The molecule has 2 aromatic carbocycles. The van der Waals surface area contributed by atoms with E-state index in [-0.39, 0.29) is 19.2 Å². The van der Waals surface area contributed by atoms with Crippen molar-refractivity contribution < 1.29 is 14.3 Å². The summed E-state index contributed by atoms with van der Waals surface area (Å²) in [5.41, 5.74) is 3.56. The number of aryl methyl sites for hydroxylation is 1. The third-order valence-corrected chi connectivity index (χ3v) is 5.48. The third-order valence-electron chi connectivity index (χ3n) is 4.56. The summed E-state index contributed by atoms with van der Waals surface area (Å²) in [4.78, 5) is 19.8. The number of ether oxygens (including phenoxy) is 2. The zero-order chi connectivity index (χ0) is 20.2. The molecule has 0 saturated carbocycles. The van der Waals surface area contributed by atoms with Crippen LogP contribution in [0.4, 0.5) is 5.13 Å². The average Bonchev–Trinajstić information content (AvgIpc) is 3.30. The number of rotatable bonds is 7. The van der Waals surface area contributed by atoms with E-state index in [0.29, 0.717) is 11.7 Å². The van der Waals surface area contributed by atoms with Crippen LogP contribution in [-0.4, -0.2) is 36.2 Å². The van der Waals surface area contributed by atoms with Crippen molar-refractivity contribution in [2.24, 2.45) is 0 Å². The first-order chi connectivity index (χ1) is 14.0. The van der Waals surface area contributed by atoms with Crippen molar-refractivity contribution in [3.05, 3.63) is 70.2 Å². The van der Waals surface area contributed by atoms with Crippen LogP contribution in [-0.2, 0) is 17.8 Å². The Hall–Kier alpha value is -2.90. The number of thiazole rings is 1. The van der Waals surface area contributed by atoms with Crippen molar-refractivity contribution in [3.63, 3.8) is 0 Å². The van der Waals surface area contributed by atoms with E-state index in [2.05, 4.69) is 41.5 Å². The normalized spacial score (nSPS) is 12.4. The molecule has 0 aliphatic carbocycles. The Morgan fingerprint density at radius 3 is 2.90 bits per heavy atom. The van der Waals surface area contributed by atoms with Gasteiger partial charge in [-0.3, -0.25) is 9.69 Å². The molecule has 4 rings (SSSR count). The van der Waals surface area contributed by atoms with E-state index < -0.39 is 0 Å². The smallest absolute Gasteiger partial charge is 0.240 e. The molecule has 0 saturated heterocycles. The lowest BCUT2D eigenvalue weighted by Gasteiger charge is -2.16. The van der Waals surface area contributed by atoms with Crippen molar-refractivity contribution in [1.29, 1.82) is 0 Å². The van der Waals surface area contributed by atoms with Gasteiger partial charge in [-0.1, -0.05) is 35.9 Å². The highest BCUT2D eigenvalue weighted by atomic mass is 32.1. The fourth-order valence-electron chi connectivity index (χ4n) is 3.28. The molecular weight excluding hydrogens is 386 g/mol. The number of carbonyl (C=O) groups excluding carboxylic acids is 1. The number of fused-ring (bicyclic) bond motifs is 1. The molecule has 0 spiro atoms. The van der Waals surface area contributed by atoms with E-state index in [4.69, 9.17) is 9.47 Å². The quantitative estimate of drug-likeness (QED) is 0.642. The number of nitrogens with zero attached hydrogens (tertiary/aromatic N) is 2. The number of nitrogens with one attached hydrogen (secondary N) is 1. The standard InChI is InChI=1S/C22H23N3O3S/c1-15-4-3-5-16(8-15)9-18-11-23-22(29-18)24-21(26)13-25(2)12-17-6-7-19-20(10-17)28-14-27-19/h3-8,10-11H,9,12-14H2,1-2H3,(H,23,24,26). The molecule has 1 amide bonds. The Kier molecular flexibility index (Phi) is 5.78. The zero-order valence-corrected chi connectivity index (χ0v) is 17.3. The van der Waals surface area contributed by atoms with E-state index in [1.165, 1.54) is 22.5 Å². The maximum Gasteiger partial charge on any atom is 0.240 e. The van der Waals surface area contributed by atoms with Gasteiger partial charge in [0.05, 0.1) is 6.54 Å². The molecule has 1 aliphatic heterocycles. The number of carbonyl (C=O) groups is 1. The summed E-state index contributed by atoms with van der Waals surface area (Å²) in [7, 11) is 1.91. The van der Waals surface area contributed by atoms with Gasteiger partial charge in [-0.25, -0.2) is 4.98 Å². The van der Waals surface area contributed by atoms with Crippen LogP contribution in [0.25, 0.3) is 0 Å². The first kappa shape index (κ1) is 19.4. The molecule has 0 radical (unpaired) electrons. The predicted molar refractivity (Wildman–Crippen MR) is 114 cm³/mol. The van der Waals surface area contributed by atoms with Crippen LogP contribution in [0.1, 0.15) is 21.6 Å². The number of aromatic nitrogens is 1. The molecule has 29 heavy (non-hydrogen) atoms. The molecule has 3 aromatic rings. The van der Waals surface area contributed by atoms with Crippen LogP contribution in [0, 0.1) is 6.92 Å². The molecule has 150 valence electrons. The lowest BCUT2D eigenvalue weighted by molar-refractivity contribution is -0.117. The summed E-state index contributed by atoms with van der Waals surface area (Å²) in [6, 6.07) is 14.3. The second-order valence-corrected chi connectivity index (χ2v) is 8.32. The number of anilines is 1. The van der Waals surface area contributed by atoms with Gasteiger partial charge in [0.25, 0.3) is 0 Å². The van der Waals surface area contributed by atoms with Crippen LogP contribution in [0.2, 0.25) is 0 Å². The Bertz CT molecular complexity index is 1020. The van der Waals surface area contributed by atoms with E-state index in [1.54, 1.807) is 0 Å². The first-order valence-electron chi connectivity index (χ1n) is 9.42. The second kappa shape index (κ2) is 8.63. The maximum absolute atomic E-state index is 12.4. The van der Waals surface area contributed by atoms with Gasteiger partial charge in [-0.05, 0) is 37.2 Å². The fraction of sp³-hybridized carbons (Fsp3) is 0.273. The van der Waals surface area contributed by atoms with Gasteiger partial charge in [0.2, 0.25) is 12.7 Å². The summed E-state index contributed by atoms with van der Waals surface area (Å²) in [6.07, 6.45) is 2.65. The highest BCUT2D eigenvalue weighted by molar-refractivity contribution is 7.15. The molecule has 0 atom stereocenters. The Labute approximate surface area is 174 Å². The maximum atomic E-state index is 12.4. The average molecular weight is 410 g/mol. The predicted octanol–water partition coefficient (Wildman–Crippen LogP) is 3.84. The van der Waals surface area contributed by atoms with Gasteiger partial charge in [0, 0.05) is 24.0 Å². The van der Waals surface area contributed by atoms with Gasteiger partial charge < -0.3 is 14.8 Å². The van der Waals surface area contributed by atoms with E-state index in [1.807, 2.05) is 36.3 Å². The SMILES string of the molecule is Cc1cccc(Cc2cnc(NC(=O)CN(C)Cc3ccc4c(c3)OCO4)s2)c1. The minimum absolute atomic E-state index is 0.0790. The third kappa shape index (κ3) is 5.13. The highest BCUT2D eigenvalue weighted by Crippen LogP contribution is 2.32. The van der Waals surface area contributed by atoms with Crippen molar-refractivity contribution in [2.45, 2.75) is 19.9 Å². The fourth-order valence-corrected chi connectivity index (χ4v) is 4.14. The van der Waals surface area contributed by atoms with Gasteiger partial charge >= 0.3 is 0 Å². The highest BCUT2D eigenvalue weighted by Gasteiger charge is 2.15. The zero-order valence-electron chi connectivity index (χ0n) is 16.5. The molecule has 1 N–H and O–H groups in total. The summed E-state index contributed by atoms with van der Waals surface area (Å²) in [6.45, 7) is 3.26. The van der Waals surface area contributed by atoms with Crippen molar-refractivity contribution in [3.8, 4) is 11.5 Å². The molecule has 1 aliphatic rings.